The van der Waals surface area contributed by atoms with E-state index in [1.54, 1.807) is 24.3 Å². The maximum Gasteiger partial charge on any atom is 0.256 e. The van der Waals surface area contributed by atoms with Gasteiger partial charge in [-0.1, -0.05) is 0 Å². The number of rotatable bonds is 4. The summed E-state index contributed by atoms with van der Waals surface area (Å²) in [4.78, 5) is 11.7. The Kier molecular flexibility index (Phi) is 3.34. The van der Waals surface area contributed by atoms with Gasteiger partial charge in [-0.05, 0) is 31.2 Å². The highest BCUT2D eigenvalue weighted by Crippen LogP contribution is 2.13. The molecule has 1 heterocycles. The van der Waals surface area contributed by atoms with Crippen molar-refractivity contribution in [3.63, 3.8) is 0 Å². The van der Waals surface area contributed by atoms with Gasteiger partial charge in [0.05, 0.1) is 12.8 Å². The lowest BCUT2D eigenvalue weighted by Crippen LogP contribution is -2.12. The van der Waals surface area contributed by atoms with Gasteiger partial charge in [0.2, 0.25) is 0 Å². The van der Waals surface area contributed by atoms with E-state index < -0.39 is 0 Å². The van der Waals surface area contributed by atoms with Crippen molar-refractivity contribution in [1.82, 2.24) is 15.4 Å². The highest BCUT2D eigenvalue weighted by molar-refractivity contribution is 6.03. The fourth-order valence-corrected chi connectivity index (χ4v) is 1.32. The first kappa shape index (κ1) is 11.1. The molecule has 0 fully saturated rings. The van der Waals surface area contributed by atoms with E-state index in [4.69, 9.17) is 4.74 Å². The van der Waals surface area contributed by atoms with Crippen LogP contribution in [0.15, 0.2) is 30.5 Å². The Balaban J connectivity index is 2.04. The Morgan fingerprint density at radius 2 is 2.18 bits per heavy atom. The monoisotopic (exact) mass is 232 g/mol. The first-order valence-electron chi connectivity index (χ1n) is 5.19. The number of ether oxygens (including phenoxy) is 1. The molecular formula is C11H12N4O2. The molecule has 1 amide bonds. The van der Waals surface area contributed by atoms with E-state index in [1.807, 2.05) is 6.92 Å². The van der Waals surface area contributed by atoms with Gasteiger partial charge in [0.1, 0.15) is 5.75 Å². The SMILES string of the molecule is CCOc1ccc(C(=O)Nc2cn[nH]n2)cc1. The van der Waals surface area contributed by atoms with Crippen LogP contribution in [-0.4, -0.2) is 27.9 Å². The molecule has 6 heteroatoms. The minimum Gasteiger partial charge on any atom is -0.494 e. The average Bonchev–Trinajstić information content (AvgIpc) is 2.83. The molecule has 1 aromatic heterocycles. The zero-order valence-electron chi connectivity index (χ0n) is 9.30. The third-order valence-corrected chi connectivity index (χ3v) is 2.08. The lowest BCUT2D eigenvalue weighted by Gasteiger charge is -2.04. The summed E-state index contributed by atoms with van der Waals surface area (Å²) in [5, 5.41) is 12.4. The second kappa shape index (κ2) is 5.11. The highest BCUT2D eigenvalue weighted by atomic mass is 16.5. The van der Waals surface area contributed by atoms with Gasteiger partial charge in [0.15, 0.2) is 5.82 Å². The Hall–Kier alpha value is -2.37. The minimum atomic E-state index is -0.234. The molecule has 17 heavy (non-hydrogen) atoms. The summed E-state index contributed by atoms with van der Waals surface area (Å²) in [6.45, 7) is 2.51. The predicted molar refractivity (Wildman–Crippen MR) is 61.9 cm³/mol. The van der Waals surface area contributed by atoms with Gasteiger partial charge in [0.25, 0.3) is 5.91 Å². The van der Waals surface area contributed by atoms with Crippen LogP contribution in [0.5, 0.6) is 5.75 Å². The second-order valence-electron chi connectivity index (χ2n) is 3.27. The fourth-order valence-electron chi connectivity index (χ4n) is 1.32. The van der Waals surface area contributed by atoms with Crippen molar-refractivity contribution in [1.29, 1.82) is 0 Å². The molecule has 1 aromatic carbocycles. The molecule has 0 unspecified atom stereocenters. The molecule has 0 atom stereocenters. The number of H-pyrrole nitrogens is 1. The molecule has 0 radical (unpaired) electrons. The van der Waals surface area contributed by atoms with Crippen LogP contribution in [-0.2, 0) is 0 Å². The molecule has 6 nitrogen and oxygen atoms in total. The van der Waals surface area contributed by atoms with Crippen LogP contribution < -0.4 is 10.1 Å². The molecule has 0 saturated carbocycles. The number of hydrogen-bond acceptors (Lipinski definition) is 4. The van der Waals surface area contributed by atoms with Crippen LogP contribution in [0, 0.1) is 0 Å². The van der Waals surface area contributed by atoms with Crippen molar-refractivity contribution in [3.8, 4) is 5.75 Å². The number of carbonyl (C=O) groups excluding carboxylic acids is 1. The lowest BCUT2D eigenvalue weighted by molar-refractivity contribution is 0.102. The van der Waals surface area contributed by atoms with E-state index in [0.717, 1.165) is 5.75 Å². The van der Waals surface area contributed by atoms with Crippen LogP contribution >= 0.6 is 0 Å². The largest absolute Gasteiger partial charge is 0.494 e. The van der Waals surface area contributed by atoms with Gasteiger partial charge < -0.3 is 10.1 Å². The Morgan fingerprint density at radius 1 is 1.41 bits per heavy atom. The Morgan fingerprint density at radius 3 is 2.76 bits per heavy atom. The zero-order valence-corrected chi connectivity index (χ0v) is 9.30. The first-order valence-corrected chi connectivity index (χ1v) is 5.19. The van der Waals surface area contributed by atoms with Gasteiger partial charge in [-0.25, -0.2) is 0 Å². The summed E-state index contributed by atoms with van der Waals surface area (Å²) in [6, 6.07) is 6.89. The molecule has 0 aliphatic heterocycles. The number of aromatic amines is 1. The van der Waals surface area contributed by atoms with Crippen LogP contribution in [0.3, 0.4) is 0 Å². The predicted octanol–water partition coefficient (Wildman–Crippen LogP) is 1.46. The van der Waals surface area contributed by atoms with Crippen molar-refractivity contribution in [2.45, 2.75) is 6.92 Å². The highest BCUT2D eigenvalue weighted by Gasteiger charge is 2.07. The van der Waals surface area contributed by atoms with E-state index in [0.29, 0.717) is 18.0 Å². The van der Waals surface area contributed by atoms with Crippen molar-refractivity contribution >= 4 is 11.7 Å². The number of carbonyl (C=O) groups is 1. The van der Waals surface area contributed by atoms with Crippen LogP contribution in [0.2, 0.25) is 0 Å². The number of amides is 1. The third-order valence-electron chi connectivity index (χ3n) is 2.08. The second-order valence-corrected chi connectivity index (χ2v) is 3.27. The molecule has 88 valence electrons. The average molecular weight is 232 g/mol. The molecule has 2 aromatic rings. The van der Waals surface area contributed by atoms with E-state index in [-0.39, 0.29) is 5.91 Å². The summed E-state index contributed by atoms with van der Waals surface area (Å²) < 4.78 is 5.29. The molecule has 2 N–H and O–H groups in total. The number of aromatic nitrogens is 3. The van der Waals surface area contributed by atoms with E-state index in [9.17, 15) is 4.79 Å². The lowest BCUT2D eigenvalue weighted by atomic mass is 10.2. The topological polar surface area (TPSA) is 79.9 Å². The van der Waals surface area contributed by atoms with E-state index in [1.165, 1.54) is 6.20 Å². The molecule has 0 saturated heterocycles. The van der Waals surface area contributed by atoms with Crippen molar-refractivity contribution in [2.75, 3.05) is 11.9 Å². The summed E-state index contributed by atoms with van der Waals surface area (Å²) in [5.41, 5.74) is 0.538. The molecule has 0 spiro atoms. The molecule has 0 bridgehead atoms. The Labute approximate surface area is 98.0 Å². The normalized spacial score (nSPS) is 9.94. The van der Waals surface area contributed by atoms with Crippen LogP contribution in [0.1, 0.15) is 17.3 Å². The molecule has 0 aliphatic rings. The maximum atomic E-state index is 11.7. The number of benzene rings is 1. The first-order chi connectivity index (χ1) is 8.29. The molecular weight excluding hydrogens is 220 g/mol. The Bertz CT molecular complexity index is 479. The van der Waals surface area contributed by atoms with Gasteiger partial charge in [0, 0.05) is 5.56 Å². The summed E-state index contributed by atoms with van der Waals surface area (Å²) in [5.74, 6) is 0.899. The minimum absolute atomic E-state index is 0.234. The van der Waals surface area contributed by atoms with Gasteiger partial charge in [-0.3, -0.25) is 4.79 Å². The van der Waals surface area contributed by atoms with Gasteiger partial charge in [-0.2, -0.15) is 10.3 Å². The quantitative estimate of drug-likeness (QED) is 0.836. The maximum absolute atomic E-state index is 11.7. The third kappa shape index (κ3) is 2.81. The van der Waals surface area contributed by atoms with Crippen molar-refractivity contribution in [2.24, 2.45) is 0 Å². The van der Waals surface area contributed by atoms with Crippen LogP contribution in [0.25, 0.3) is 0 Å². The standard InChI is InChI=1S/C11H12N4O2/c1-2-17-9-5-3-8(4-6-9)11(16)13-10-7-12-15-14-10/h3-7H,2H2,1H3,(H2,12,13,14,15,16). The smallest absolute Gasteiger partial charge is 0.256 e. The van der Waals surface area contributed by atoms with Crippen molar-refractivity contribution < 1.29 is 9.53 Å². The van der Waals surface area contributed by atoms with Crippen molar-refractivity contribution in [3.05, 3.63) is 36.0 Å². The fraction of sp³-hybridized carbons (Fsp3) is 0.182. The number of nitrogens with zero attached hydrogens (tertiary/aromatic N) is 2. The number of hydrogen-bond donors (Lipinski definition) is 2. The summed E-state index contributed by atoms with van der Waals surface area (Å²) in [7, 11) is 0. The van der Waals surface area contributed by atoms with E-state index >= 15 is 0 Å². The summed E-state index contributed by atoms with van der Waals surface area (Å²) in [6.07, 6.45) is 1.44. The van der Waals surface area contributed by atoms with Gasteiger partial charge in [-0.15, -0.1) is 5.10 Å². The van der Waals surface area contributed by atoms with Crippen LogP contribution in [0.4, 0.5) is 5.82 Å². The van der Waals surface area contributed by atoms with E-state index in [2.05, 4.69) is 20.7 Å². The number of anilines is 1. The summed E-state index contributed by atoms with van der Waals surface area (Å²) >= 11 is 0. The molecule has 2 rings (SSSR count). The van der Waals surface area contributed by atoms with Gasteiger partial charge >= 0.3 is 0 Å². The number of nitrogens with one attached hydrogen (secondary N) is 2. The molecule has 0 aliphatic carbocycles. The zero-order chi connectivity index (χ0) is 12.1.